The lowest BCUT2D eigenvalue weighted by Gasteiger charge is -2.19. The third-order valence-electron chi connectivity index (χ3n) is 3.94. The summed E-state index contributed by atoms with van der Waals surface area (Å²) in [5.74, 6) is 3.49. The molecule has 2 saturated carbocycles. The van der Waals surface area contributed by atoms with Gasteiger partial charge >= 0.3 is 0 Å². The van der Waals surface area contributed by atoms with Crippen molar-refractivity contribution in [1.82, 2.24) is 4.98 Å². The summed E-state index contributed by atoms with van der Waals surface area (Å²) < 4.78 is 5.50. The third-order valence-corrected chi connectivity index (χ3v) is 3.94. The standard InChI is InChI=1S/C11H16N2O/c12-5-10-11(14-6-13-10)9-4-7-1-2-8(9)3-7/h6-9H,1-5,12H2. The van der Waals surface area contributed by atoms with Crippen molar-refractivity contribution < 1.29 is 4.42 Å². The highest BCUT2D eigenvalue weighted by Gasteiger charge is 2.42. The molecule has 0 spiro atoms. The van der Waals surface area contributed by atoms with E-state index in [1.165, 1.54) is 25.7 Å². The van der Waals surface area contributed by atoms with Gasteiger partial charge in [-0.1, -0.05) is 6.42 Å². The van der Waals surface area contributed by atoms with Crippen molar-refractivity contribution in [2.45, 2.75) is 38.1 Å². The second kappa shape index (κ2) is 3.09. The lowest BCUT2D eigenvalue weighted by atomic mass is 9.86. The fraction of sp³-hybridized carbons (Fsp3) is 0.727. The van der Waals surface area contributed by atoms with Crippen molar-refractivity contribution in [2.75, 3.05) is 0 Å². The molecule has 3 atom stereocenters. The van der Waals surface area contributed by atoms with Crippen LogP contribution in [0, 0.1) is 11.8 Å². The lowest BCUT2D eigenvalue weighted by molar-refractivity contribution is 0.353. The van der Waals surface area contributed by atoms with Crippen LogP contribution in [0.15, 0.2) is 10.8 Å². The van der Waals surface area contributed by atoms with E-state index in [1.807, 2.05) is 0 Å². The van der Waals surface area contributed by atoms with E-state index < -0.39 is 0 Å². The molecular formula is C11H16N2O. The van der Waals surface area contributed by atoms with Crippen molar-refractivity contribution in [3.63, 3.8) is 0 Å². The molecule has 0 saturated heterocycles. The van der Waals surface area contributed by atoms with E-state index in [9.17, 15) is 0 Å². The van der Waals surface area contributed by atoms with Crippen LogP contribution >= 0.6 is 0 Å². The van der Waals surface area contributed by atoms with Crippen molar-refractivity contribution in [2.24, 2.45) is 17.6 Å². The minimum atomic E-state index is 0.514. The minimum Gasteiger partial charge on any atom is -0.448 e. The number of hydrogen-bond acceptors (Lipinski definition) is 3. The summed E-state index contributed by atoms with van der Waals surface area (Å²) in [6.07, 6.45) is 7.04. The van der Waals surface area contributed by atoms with E-state index in [0.717, 1.165) is 23.3 Å². The highest BCUT2D eigenvalue weighted by Crippen LogP contribution is 2.53. The molecule has 14 heavy (non-hydrogen) atoms. The first-order valence-electron chi connectivity index (χ1n) is 5.50. The molecule has 2 fully saturated rings. The number of fused-ring (bicyclic) bond motifs is 2. The van der Waals surface area contributed by atoms with E-state index >= 15 is 0 Å². The van der Waals surface area contributed by atoms with Crippen LogP contribution in [0.2, 0.25) is 0 Å². The van der Waals surface area contributed by atoms with Crippen LogP contribution in [0.3, 0.4) is 0 Å². The topological polar surface area (TPSA) is 52.0 Å². The van der Waals surface area contributed by atoms with Crippen LogP contribution < -0.4 is 5.73 Å². The van der Waals surface area contributed by atoms with Gasteiger partial charge < -0.3 is 10.2 Å². The second-order valence-corrected chi connectivity index (χ2v) is 4.65. The van der Waals surface area contributed by atoms with Gasteiger partial charge in [-0.2, -0.15) is 0 Å². The molecule has 0 radical (unpaired) electrons. The average molecular weight is 192 g/mol. The minimum absolute atomic E-state index is 0.514. The number of oxazole rings is 1. The number of aromatic nitrogens is 1. The monoisotopic (exact) mass is 192 g/mol. The summed E-state index contributed by atoms with van der Waals surface area (Å²) in [4.78, 5) is 4.17. The van der Waals surface area contributed by atoms with Crippen LogP contribution in [0.4, 0.5) is 0 Å². The van der Waals surface area contributed by atoms with Crippen LogP contribution in [-0.4, -0.2) is 4.98 Å². The molecule has 2 aliphatic rings. The molecule has 2 bridgehead atoms. The first kappa shape index (κ1) is 8.48. The van der Waals surface area contributed by atoms with Crippen LogP contribution in [0.5, 0.6) is 0 Å². The van der Waals surface area contributed by atoms with Gasteiger partial charge in [-0.3, -0.25) is 0 Å². The van der Waals surface area contributed by atoms with E-state index in [0.29, 0.717) is 12.5 Å². The maximum Gasteiger partial charge on any atom is 0.181 e. The smallest absolute Gasteiger partial charge is 0.181 e. The Bertz CT molecular complexity index is 334. The Labute approximate surface area is 83.7 Å². The highest BCUT2D eigenvalue weighted by molar-refractivity contribution is 5.17. The quantitative estimate of drug-likeness (QED) is 0.780. The molecule has 0 amide bonds. The number of hydrogen-bond donors (Lipinski definition) is 1. The maximum absolute atomic E-state index is 5.64. The van der Waals surface area contributed by atoms with Crippen LogP contribution in [-0.2, 0) is 6.54 Å². The fourth-order valence-corrected chi connectivity index (χ4v) is 3.30. The molecule has 0 aromatic carbocycles. The van der Waals surface area contributed by atoms with Crippen LogP contribution in [0.1, 0.15) is 43.1 Å². The summed E-state index contributed by atoms with van der Waals surface area (Å²) >= 11 is 0. The van der Waals surface area contributed by atoms with Gasteiger partial charge in [0.1, 0.15) is 5.76 Å². The fourth-order valence-electron chi connectivity index (χ4n) is 3.30. The summed E-state index contributed by atoms with van der Waals surface area (Å²) in [7, 11) is 0. The first-order valence-corrected chi connectivity index (χ1v) is 5.50. The zero-order valence-electron chi connectivity index (χ0n) is 8.28. The summed E-state index contributed by atoms with van der Waals surface area (Å²) in [6, 6.07) is 0. The largest absolute Gasteiger partial charge is 0.448 e. The van der Waals surface area contributed by atoms with E-state index in [2.05, 4.69) is 4.98 Å². The average Bonchev–Trinajstić information content (AvgIpc) is 2.92. The van der Waals surface area contributed by atoms with Gasteiger partial charge in [-0.25, -0.2) is 4.98 Å². The molecule has 1 aromatic rings. The van der Waals surface area contributed by atoms with Crippen molar-refractivity contribution in [3.05, 3.63) is 17.8 Å². The molecule has 3 unspecified atom stereocenters. The SMILES string of the molecule is NCc1ncoc1C1CC2CCC1C2. The predicted molar refractivity (Wildman–Crippen MR) is 52.6 cm³/mol. The van der Waals surface area contributed by atoms with E-state index in [-0.39, 0.29) is 0 Å². The Balaban J connectivity index is 1.89. The van der Waals surface area contributed by atoms with Crippen molar-refractivity contribution >= 4 is 0 Å². The summed E-state index contributed by atoms with van der Waals surface area (Å²) in [6.45, 7) is 0.514. The van der Waals surface area contributed by atoms with Gasteiger partial charge in [0, 0.05) is 12.5 Å². The van der Waals surface area contributed by atoms with Crippen molar-refractivity contribution in [3.8, 4) is 0 Å². The predicted octanol–water partition coefficient (Wildman–Crippen LogP) is 2.04. The molecule has 76 valence electrons. The van der Waals surface area contributed by atoms with Crippen LogP contribution in [0.25, 0.3) is 0 Å². The normalized spacial score (nSPS) is 35.4. The van der Waals surface area contributed by atoms with Gasteiger partial charge in [-0.05, 0) is 31.1 Å². The molecule has 1 heterocycles. The zero-order chi connectivity index (χ0) is 9.54. The number of nitrogens with two attached hydrogens (primary N) is 1. The molecule has 2 N–H and O–H groups in total. The Hall–Kier alpha value is -0.830. The van der Waals surface area contributed by atoms with E-state index in [1.54, 1.807) is 6.39 Å². The summed E-state index contributed by atoms with van der Waals surface area (Å²) in [5, 5.41) is 0. The second-order valence-electron chi connectivity index (χ2n) is 4.65. The number of rotatable bonds is 2. The van der Waals surface area contributed by atoms with E-state index in [4.69, 9.17) is 10.2 Å². The molecule has 3 heteroatoms. The third kappa shape index (κ3) is 1.12. The maximum atomic E-state index is 5.64. The Morgan fingerprint density at radius 1 is 1.43 bits per heavy atom. The van der Waals surface area contributed by atoms with Gasteiger partial charge in [-0.15, -0.1) is 0 Å². The molecule has 2 aliphatic carbocycles. The molecule has 3 rings (SSSR count). The first-order chi connectivity index (χ1) is 6.88. The highest BCUT2D eigenvalue weighted by atomic mass is 16.3. The van der Waals surface area contributed by atoms with Gasteiger partial charge in [0.25, 0.3) is 0 Å². The lowest BCUT2D eigenvalue weighted by Crippen LogP contribution is -2.11. The molecule has 1 aromatic heterocycles. The van der Waals surface area contributed by atoms with Gasteiger partial charge in [0.15, 0.2) is 6.39 Å². The Kier molecular flexibility index (Phi) is 1.87. The van der Waals surface area contributed by atoms with Gasteiger partial charge in [0.2, 0.25) is 0 Å². The number of nitrogens with zero attached hydrogens (tertiary/aromatic N) is 1. The van der Waals surface area contributed by atoms with Crippen molar-refractivity contribution in [1.29, 1.82) is 0 Å². The Morgan fingerprint density at radius 2 is 2.36 bits per heavy atom. The Morgan fingerprint density at radius 3 is 3.00 bits per heavy atom. The molecular weight excluding hydrogens is 176 g/mol. The van der Waals surface area contributed by atoms with Gasteiger partial charge in [0.05, 0.1) is 5.69 Å². The molecule has 3 nitrogen and oxygen atoms in total. The molecule has 0 aliphatic heterocycles. The summed E-state index contributed by atoms with van der Waals surface area (Å²) in [5.41, 5.74) is 6.61. The zero-order valence-corrected chi connectivity index (χ0v) is 8.28.